The summed E-state index contributed by atoms with van der Waals surface area (Å²) >= 11 is 3.50. The number of aromatic nitrogens is 2. The van der Waals surface area contributed by atoms with Crippen molar-refractivity contribution in [2.75, 3.05) is 44.9 Å². The average Bonchev–Trinajstić information content (AvgIpc) is 2.77. The Balaban J connectivity index is 1.45. The van der Waals surface area contributed by atoms with Gasteiger partial charge in [0.2, 0.25) is 0 Å². The van der Waals surface area contributed by atoms with E-state index in [0.29, 0.717) is 40.8 Å². The van der Waals surface area contributed by atoms with Gasteiger partial charge in [-0.2, -0.15) is 0 Å². The fourth-order valence-corrected chi connectivity index (χ4v) is 4.08. The van der Waals surface area contributed by atoms with Gasteiger partial charge in [0.05, 0.1) is 43.7 Å². The number of hydrogen-bond donors (Lipinski definition) is 0. The zero-order chi connectivity index (χ0) is 20.2. The molecule has 0 aliphatic carbocycles. The van der Waals surface area contributed by atoms with Crippen LogP contribution in [0.2, 0.25) is 0 Å². The van der Waals surface area contributed by atoms with Gasteiger partial charge in [0, 0.05) is 24.2 Å². The molecule has 1 unspecified atom stereocenters. The van der Waals surface area contributed by atoms with Crippen molar-refractivity contribution >= 4 is 38.8 Å². The molecular weight excluding hydrogens is 442 g/mol. The van der Waals surface area contributed by atoms with E-state index < -0.39 is 5.97 Å². The largest absolute Gasteiger partial charge is 0.465 e. The lowest BCUT2D eigenvalue weighted by atomic mass is 10.2. The number of carbonyl (C=O) groups excluding carboxylic acids is 1. The van der Waals surface area contributed by atoms with E-state index >= 15 is 0 Å². The summed E-state index contributed by atoms with van der Waals surface area (Å²) < 4.78 is 22.8. The first-order valence-electron chi connectivity index (χ1n) is 9.78. The Bertz CT molecular complexity index is 875. The van der Waals surface area contributed by atoms with Crippen LogP contribution in [0.3, 0.4) is 0 Å². The molecule has 2 aliphatic heterocycles. The van der Waals surface area contributed by atoms with Crippen LogP contribution in [-0.2, 0) is 18.9 Å². The Kier molecular flexibility index (Phi) is 6.59. The number of carbonyl (C=O) groups is 1. The van der Waals surface area contributed by atoms with Crippen molar-refractivity contribution in [3.8, 4) is 0 Å². The van der Waals surface area contributed by atoms with Gasteiger partial charge in [0.1, 0.15) is 11.3 Å². The van der Waals surface area contributed by atoms with Crippen LogP contribution in [0.1, 0.15) is 29.6 Å². The molecule has 0 N–H and O–H groups in total. The van der Waals surface area contributed by atoms with Crippen LogP contribution in [0.15, 0.2) is 22.8 Å². The summed E-state index contributed by atoms with van der Waals surface area (Å²) in [5, 5.41) is 0. The highest BCUT2D eigenvalue weighted by Crippen LogP contribution is 2.26. The number of halogens is 1. The molecule has 2 fully saturated rings. The second-order valence-electron chi connectivity index (χ2n) is 7.11. The van der Waals surface area contributed by atoms with Gasteiger partial charge in [0.25, 0.3) is 0 Å². The topological polar surface area (TPSA) is 83.0 Å². The second kappa shape index (κ2) is 9.34. The van der Waals surface area contributed by atoms with E-state index in [1.54, 1.807) is 18.3 Å². The predicted molar refractivity (Wildman–Crippen MR) is 110 cm³/mol. The Morgan fingerprint density at radius 3 is 3.00 bits per heavy atom. The molecule has 1 aromatic heterocycles. The van der Waals surface area contributed by atoms with Crippen LogP contribution in [0, 0.1) is 0 Å². The van der Waals surface area contributed by atoms with E-state index in [1.807, 2.05) is 0 Å². The van der Waals surface area contributed by atoms with Gasteiger partial charge in [-0.25, -0.2) is 9.78 Å². The lowest BCUT2D eigenvalue weighted by Gasteiger charge is -2.34. The highest BCUT2D eigenvalue weighted by Gasteiger charge is 2.24. The van der Waals surface area contributed by atoms with Crippen molar-refractivity contribution < 1.29 is 23.7 Å². The van der Waals surface area contributed by atoms with Gasteiger partial charge in [0.15, 0.2) is 6.29 Å². The molecule has 0 amide bonds. The van der Waals surface area contributed by atoms with Crippen molar-refractivity contribution in [1.29, 1.82) is 0 Å². The third-order valence-corrected chi connectivity index (χ3v) is 5.68. The van der Waals surface area contributed by atoms with Crippen LogP contribution in [0.5, 0.6) is 0 Å². The average molecular weight is 466 g/mol. The summed E-state index contributed by atoms with van der Waals surface area (Å²) in [4.78, 5) is 23.2. The molecule has 8 nitrogen and oxygen atoms in total. The number of nitrogens with zero attached hydrogens (tertiary/aromatic N) is 3. The van der Waals surface area contributed by atoms with Gasteiger partial charge < -0.3 is 23.8 Å². The zero-order valence-corrected chi connectivity index (χ0v) is 17.9. The van der Waals surface area contributed by atoms with Gasteiger partial charge in [-0.3, -0.25) is 4.98 Å². The van der Waals surface area contributed by atoms with E-state index in [2.05, 4.69) is 25.8 Å². The SMILES string of the molecule is COC(=O)c1cc(Br)c2nc(N3CCO[C@H](COC4CCCCO4)C3)cnc2c1. The molecule has 3 heterocycles. The number of anilines is 1. The molecule has 0 saturated carbocycles. The zero-order valence-electron chi connectivity index (χ0n) is 16.3. The highest BCUT2D eigenvalue weighted by molar-refractivity contribution is 9.10. The maximum absolute atomic E-state index is 11.8. The van der Waals surface area contributed by atoms with Crippen LogP contribution in [0.4, 0.5) is 5.82 Å². The number of fused-ring (bicyclic) bond motifs is 1. The first kappa shape index (κ1) is 20.5. The van der Waals surface area contributed by atoms with E-state index in [0.717, 1.165) is 38.2 Å². The number of methoxy groups -OCH3 is 1. The molecule has 156 valence electrons. The molecule has 2 aromatic rings. The Morgan fingerprint density at radius 1 is 1.31 bits per heavy atom. The van der Waals surface area contributed by atoms with E-state index in [9.17, 15) is 4.79 Å². The fraction of sp³-hybridized carbons (Fsp3) is 0.550. The van der Waals surface area contributed by atoms with E-state index in [1.165, 1.54) is 7.11 Å². The van der Waals surface area contributed by atoms with Crippen LogP contribution < -0.4 is 4.90 Å². The minimum Gasteiger partial charge on any atom is -0.465 e. The molecule has 2 atom stereocenters. The molecule has 2 aliphatic rings. The van der Waals surface area contributed by atoms with Gasteiger partial charge in [-0.1, -0.05) is 0 Å². The fourth-order valence-electron chi connectivity index (χ4n) is 3.54. The number of hydrogen-bond acceptors (Lipinski definition) is 8. The standard InChI is InChI=1S/C20H24BrN3O5/c1-26-20(25)13-8-15(21)19-16(9-13)22-10-17(23-19)24-5-7-27-14(11-24)12-29-18-4-2-3-6-28-18/h8-10,14,18H,2-7,11-12H2,1H3/t14-,18?/m0/s1. The molecule has 0 spiro atoms. The van der Waals surface area contributed by atoms with Gasteiger partial charge in [-0.15, -0.1) is 0 Å². The molecule has 2 saturated heterocycles. The molecule has 0 radical (unpaired) electrons. The maximum atomic E-state index is 11.8. The summed E-state index contributed by atoms with van der Waals surface area (Å²) in [7, 11) is 1.36. The summed E-state index contributed by atoms with van der Waals surface area (Å²) in [6, 6.07) is 3.38. The molecule has 1 aromatic carbocycles. The smallest absolute Gasteiger partial charge is 0.337 e. The van der Waals surface area contributed by atoms with Crippen LogP contribution in [-0.4, -0.2) is 68.4 Å². The molecule has 9 heteroatoms. The summed E-state index contributed by atoms with van der Waals surface area (Å²) in [5.41, 5.74) is 1.76. The van der Waals surface area contributed by atoms with Crippen molar-refractivity contribution in [3.05, 3.63) is 28.4 Å². The molecular formula is C20H24BrN3O5. The van der Waals surface area contributed by atoms with Crippen LogP contribution >= 0.6 is 15.9 Å². The Hall–Kier alpha value is -1.81. The third kappa shape index (κ3) is 4.85. The van der Waals surface area contributed by atoms with Crippen molar-refractivity contribution in [2.24, 2.45) is 0 Å². The summed E-state index contributed by atoms with van der Waals surface area (Å²) in [5.74, 6) is 0.364. The number of morpholine rings is 1. The Morgan fingerprint density at radius 2 is 2.21 bits per heavy atom. The number of rotatable bonds is 5. The number of benzene rings is 1. The summed E-state index contributed by atoms with van der Waals surface area (Å²) in [6.45, 7) is 3.26. The van der Waals surface area contributed by atoms with Gasteiger partial charge in [-0.05, 0) is 47.3 Å². The number of esters is 1. The number of ether oxygens (including phenoxy) is 4. The molecule has 29 heavy (non-hydrogen) atoms. The summed E-state index contributed by atoms with van der Waals surface area (Å²) in [6.07, 6.45) is 4.74. The van der Waals surface area contributed by atoms with Gasteiger partial charge >= 0.3 is 5.97 Å². The normalized spacial score (nSPS) is 22.6. The lowest BCUT2D eigenvalue weighted by Crippen LogP contribution is -2.45. The third-order valence-electron chi connectivity index (χ3n) is 5.08. The minimum atomic E-state index is -0.406. The molecule has 0 bridgehead atoms. The van der Waals surface area contributed by atoms with Crippen molar-refractivity contribution in [1.82, 2.24) is 9.97 Å². The quantitative estimate of drug-likeness (QED) is 0.623. The highest BCUT2D eigenvalue weighted by atomic mass is 79.9. The molecule has 4 rings (SSSR count). The first-order valence-corrected chi connectivity index (χ1v) is 10.6. The first-order chi connectivity index (χ1) is 14.1. The van der Waals surface area contributed by atoms with Crippen molar-refractivity contribution in [2.45, 2.75) is 31.7 Å². The van der Waals surface area contributed by atoms with Crippen molar-refractivity contribution in [3.63, 3.8) is 0 Å². The second-order valence-corrected chi connectivity index (χ2v) is 7.97. The van der Waals surface area contributed by atoms with E-state index in [4.69, 9.17) is 23.9 Å². The maximum Gasteiger partial charge on any atom is 0.337 e. The Labute approximate surface area is 177 Å². The predicted octanol–water partition coefficient (Wildman–Crippen LogP) is 2.93. The lowest BCUT2D eigenvalue weighted by molar-refractivity contribution is -0.180. The van der Waals surface area contributed by atoms with E-state index in [-0.39, 0.29) is 12.4 Å². The minimum absolute atomic E-state index is 0.0445. The monoisotopic (exact) mass is 465 g/mol. The van der Waals surface area contributed by atoms with Crippen LogP contribution in [0.25, 0.3) is 11.0 Å².